The molecule has 3 N–H and O–H groups in total. The Bertz CT molecular complexity index is 781. The molecular formula is C16H17ClN4. The van der Waals surface area contributed by atoms with E-state index >= 15 is 0 Å². The zero-order valence-electron chi connectivity index (χ0n) is 12.0. The number of nitrogens with zero attached hydrogens (tertiary/aromatic N) is 2. The normalized spacial score (nSPS) is 12.5. The zero-order chi connectivity index (χ0) is 15.0. The minimum Gasteiger partial charge on any atom is -0.397 e. The summed E-state index contributed by atoms with van der Waals surface area (Å²) in [6.45, 7) is 2.13. The van der Waals surface area contributed by atoms with Gasteiger partial charge in [-0.25, -0.2) is 0 Å². The van der Waals surface area contributed by atoms with Crippen molar-refractivity contribution in [1.82, 2.24) is 10.2 Å². The van der Waals surface area contributed by atoms with Gasteiger partial charge in [0, 0.05) is 17.5 Å². The molecular weight excluding hydrogens is 284 g/mol. The summed E-state index contributed by atoms with van der Waals surface area (Å²) in [5.74, 6) is 0. The monoisotopic (exact) mass is 300 g/mol. The fourth-order valence-electron chi connectivity index (χ4n) is 2.50. The molecule has 1 atom stereocenters. The summed E-state index contributed by atoms with van der Waals surface area (Å²) in [7, 11) is 2.03. The molecule has 1 unspecified atom stereocenters. The van der Waals surface area contributed by atoms with Crippen LogP contribution in [0.25, 0.3) is 10.9 Å². The Morgan fingerprint density at radius 3 is 2.86 bits per heavy atom. The van der Waals surface area contributed by atoms with E-state index in [2.05, 4.69) is 28.1 Å². The Morgan fingerprint density at radius 1 is 1.29 bits per heavy atom. The quantitative estimate of drug-likeness (QED) is 0.719. The maximum atomic E-state index is 6.18. The van der Waals surface area contributed by atoms with Crippen LogP contribution >= 0.6 is 11.6 Å². The third kappa shape index (κ3) is 2.54. The fourth-order valence-corrected chi connectivity index (χ4v) is 2.70. The van der Waals surface area contributed by atoms with E-state index in [1.54, 1.807) is 6.20 Å². The number of anilines is 2. The van der Waals surface area contributed by atoms with Gasteiger partial charge in [-0.05, 0) is 36.8 Å². The van der Waals surface area contributed by atoms with Gasteiger partial charge in [0.25, 0.3) is 0 Å². The molecule has 0 aliphatic rings. The molecule has 0 radical (unpaired) electrons. The van der Waals surface area contributed by atoms with E-state index in [1.807, 2.05) is 37.4 Å². The number of nitrogen functional groups attached to an aromatic ring is 1. The Balaban J connectivity index is 1.99. The molecule has 0 aliphatic carbocycles. The predicted molar refractivity (Wildman–Crippen MR) is 88.8 cm³/mol. The Labute approximate surface area is 128 Å². The van der Waals surface area contributed by atoms with Gasteiger partial charge in [-0.1, -0.05) is 23.7 Å². The Kier molecular flexibility index (Phi) is 3.47. The highest BCUT2D eigenvalue weighted by Crippen LogP contribution is 2.33. The van der Waals surface area contributed by atoms with Gasteiger partial charge < -0.3 is 10.6 Å². The van der Waals surface area contributed by atoms with Crippen molar-refractivity contribution < 1.29 is 0 Å². The van der Waals surface area contributed by atoms with E-state index < -0.39 is 0 Å². The van der Waals surface area contributed by atoms with Crippen LogP contribution in [0.3, 0.4) is 0 Å². The lowest BCUT2D eigenvalue weighted by atomic mass is 10.1. The van der Waals surface area contributed by atoms with Gasteiger partial charge in [0.05, 0.1) is 29.1 Å². The number of H-pyrrole nitrogens is 1. The van der Waals surface area contributed by atoms with Crippen molar-refractivity contribution in [2.75, 3.05) is 17.7 Å². The largest absolute Gasteiger partial charge is 0.397 e. The van der Waals surface area contributed by atoms with Crippen LogP contribution in [0.2, 0.25) is 5.02 Å². The van der Waals surface area contributed by atoms with E-state index in [0.717, 1.165) is 32.9 Å². The molecule has 0 saturated carbocycles. The van der Waals surface area contributed by atoms with Crippen molar-refractivity contribution in [2.24, 2.45) is 0 Å². The number of aromatic amines is 1. The number of hydrogen-bond acceptors (Lipinski definition) is 3. The van der Waals surface area contributed by atoms with Gasteiger partial charge in [0.15, 0.2) is 0 Å². The van der Waals surface area contributed by atoms with Gasteiger partial charge in [0.1, 0.15) is 0 Å². The number of benzene rings is 2. The zero-order valence-corrected chi connectivity index (χ0v) is 12.7. The average Bonchev–Trinajstić information content (AvgIpc) is 2.92. The average molecular weight is 301 g/mol. The standard InChI is InChI=1S/C16H17ClN4/c1-10(11-4-3-5-13(17)6-11)21(2)16-8-15-12(7-14(16)18)9-19-20-15/h3-10H,18H2,1-2H3,(H,19,20). The molecule has 1 heterocycles. The molecule has 0 fully saturated rings. The first-order valence-electron chi connectivity index (χ1n) is 6.77. The molecule has 108 valence electrons. The second-order valence-electron chi connectivity index (χ2n) is 5.21. The Hall–Kier alpha value is -2.20. The highest BCUT2D eigenvalue weighted by atomic mass is 35.5. The number of halogens is 1. The van der Waals surface area contributed by atoms with Crippen molar-refractivity contribution >= 4 is 33.9 Å². The van der Waals surface area contributed by atoms with Crippen molar-refractivity contribution in [3.8, 4) is 0 Å². The number of aromatic nitrogens is 2. The number of nitrogens with two attached hydrogens (primary N) is 1. The van der Waals surface area contributed by atoms with Crippen LogP contribution in [0.4, 0.5) is 11.4 Å². The van der Waals surface area contributed by atoms with Crippen LogP contribution in [0.5, 0.6) is 0 Å². The third-order valence-electron chi connectivity index (χ3n) is 3.88. The van der Waals surface area contributed by atoms with E-state index in [0.29, 0.717) is 0 Å². The highest BCUT2D eigenvalue weighted by Gasteiger charge is 2.16. The molecule has 0 amide bonds. The maximum absolute atomic E-state index is 6.18. The first kappa shape index (κ1) is 13.8. The molecule has 0 bridgehead atoms. The molecule has 0 aliphatic heterocycles. The number of hydrogen-bond donors (Lipinski definition) is 2. The summed E-state index contributed by atoms with van der Waals surface area (Å²) in [6.07, 6.45) is 1.77. The fraction of sp³-hybridized carbons (Fsp3) is 0.188. The van der Waals surface area contributed by atoms with Gasteiger partial charge in [-0.3, -0.25) is 5.10 Å². The predicted octanol–water partition coefficient (Wildman–Crippen LogP) is 4.00. The van der Waals surface area contributed by atoms with Crippen molar-refractivity contribution in [2.45, 2.75) is 13.0 Å². The van der Waals surface area contributed by atoms with Crippen LogP contribution in [0.1, 0.15) is 18.5 Å². The third-order valence-corrected chi connectivity index (χ3v) is 4.11. The van der Waals surface area contributed by atoms with Gasteiger partial charge in [-0.2, -0.15) is 5.10 Å². The van der Waals surface area contributed by atoms with Gasteiger partial charge in [0.2, 0.25) is 0 Å². The van der Waals surface area contributed by atoms with Gasteiger partial charge >= 0.3 is 0 Å². The summed E-state index contributed by atoms with van der Waals surface area (Å²) < 4.78 is 0. The van der Waals surface area contributed by atoms with E-state index in [-0.39, 0.29) is 6.04 Å². The molecule has 0 saturated heterocycles. The second-order valence-corrected chi connectivity index (χ2v) is 5.65. The Morgan fingerprint density at radius 2 is 2.10 bits per heavy atom. The van der Waals surface area contributed by atoms with Crippen molar-refractivity contribution in [1.29, 1.82) is 0 Å². The summed E-state index contributed by atoms with van der Waals surface area (Å²) >= 11 is 6.08. The van der Waals surface area contributed by atoms with Crippen molar-refractivity contribution in [3.05, 3.63) is 53.2 Å². The molecule has 4 nitrogen and oxygen atoms in total. The van der Waals surface area contributed by atoms with Gasteiger partial charge in [-0.15, -0.1) is 0 Å². The molecule has 0 spiro atoms. The minimum atomic E-state index is 0.159. The first-order valence-corrected chi connectivity index (χ1v) is 7.15. The van der Waals surface area contributed by atoms with E-state index in [1.165, 1.54) is 0 Å². The molecule has 3 aromatic rings. The molecule has 21 heavy (non-hydrogen) atoms. The topological polar surface area (TPSA) is 57.9 Å². The summed E-state index contributed by atoms with van der Waals surface area (Å²) in [4.78, 5) is 2.14. The summed E-state index contributed by atoms with van der Waals surface area (Å²) in [6, 6.07) is 12.0. The lowest BCUT2D eigenvalue weighted by Crippen LogP contribution is -2.22. The highest BCUT2D eigenvalue weighted by molar-refractivity contribution is 6.30. The van der Waals surface area contributed by atoms with Crippen LogP contribution < -0.4 is 10.6 Å². The van der Waals surface area contributed by atoms with Crippen LogP contribution in [0.15, 0.2) is 42.6 Å². The molecule has 1 aromatic heterocycles. The van der Waals surface area contributed by atoms with Crippen molar-refractivity contribution in [3.63, 3.8) is 0 Å². The summed E-state index contributed by atoms with van der Waals surface area (Å²) in [5, 5.41) is 8.77. The van der Waals surface area contributed by atoms with Crippen LogP contribution in [-0.4, -0.2) is 17.2 Å². The molecule has 2 aromatic carbocycles. The second kappa shape index (κ2) is 5.30. The molecule has 3 rings (SSSR count). The van der Waals surface area contributed by atoms with Crippen LogP contribution in [0, 0.1) is 0 Å². The maximum Gasteiger partial charge on any atom is 0.0672 e. The first-order chi connectivity index (χ1) is 10.1. The number of rotatable bonds is 3. The lowest BCUT2D eigenvalue weighted by Gasteiger charge is -2.28. The smallest absolute Gasteiger partial charge is 0.0672 e. The lowest BCUT2D eigenvalue weighted by molar-refractivity contribution is 0.741. The molecule has 5 heteroatoms. The minimum absolute atomic E-state index is 0.159. The SMILES string of the molecule is CC(c1cccc(Cl)c1)N(C)c1cc2[nH]ncc2cc1N. The summed E-state index contributed by atoms with van der Waals surface area (Å²) in [5.41, 5.74) is 10.0. The number of fused-ring (bicyclic) bond motifs is 1. The van der Waals surface area contributed by atoms with E-state index in [9.17, 15) is 0 Å². The number of nitrogens with one attached hydrogen (secondary N) is 1. The van der Waals surface area contributed by atoms with E-state index in [4.69, 9.17) is 17.3 Å². The van der Waals surface area contributed by atoms with Crippen LogP contribution in [-0.2, 0) is 0 Å².